The number of hydrogen-bond donors (Lipinski definition) is 6. The molecule has 0 spiro atoms. The second kappa shape index (κ2) is 25.2. The Bertz CT molecular complexity index is 3750. The molecule has 1 aliphatic heterocycles. The normalized spacial score (nSPS) is 20.3. The summed E-state index contributed by atoms with van der Waals surface area (Å²) in [7, 11) is 1.30. The number of unbranched alkanes of at least 4 members (excludes halogenated alkanes) is 4. The number of hydrogen-bond acceptors (Lipinski definition) is 19. The van der Waals surface area contributed by atoms with E-state index >= 15 is 0 Å². The van der Waals surface area contributed by atoms with Gasteiger partial charge in [0.15, 0.2) is 17.9 Å². The summed E-state index contributed by atoms with van der Waals surface area (Å²) in [5.41, 5.74) is -3.03. The number of ether oxygens (including phenoxy) is 4. The molecule has 3 heterocycles. The molecule has 11 rings (SSSR count). The summed E-state index contributed by atoms with van der Waals surface area (Å²) in [6, 6.07) is 42.8. The number of phenols is 2. The van der Waals surface area contributed by atoms with Gasteiger partial charge in [-0.25, -0.2) is 0 Å². The van der Waals surface area contributed by atoms with E-state index in [4.69, 9.17) is 18.9 Å². The molecular weight excluding hydrogens is 1200 g/mol. The van der Waals surface area contributed by atoms with Crippen LogP contribution in [0.3, 0.4) is 0 Å². The Labute approximate surface area is 508 Å². The molecule has 450 valence electrons. The molecule has 2 aliphatic carbocycles. The summed E-state index contributed by atoms with van der Waals surface area (Å²) >= 11 is 4.56. The van der Waals surface area contributed by atoms with Crippen molar-refractivity contribution in [2.75, 3.05) is 19.9 Å². The zero-order chi connectivity index (χ0) is 61.1. The van der Waals surface area contributed by atoms with E-state index in [2.05, 4.69) is 143 Å². The van der Waals surface area contributed by atoms with Crippen LogP contribution >= 0.6 is 20.8 Å². The Morgan fingerprint density at radius 1 is 0.770 bits per heavy atom. The van der Waals surface area contributed by atoms with Gasteiger partial charge in [-0.3, -0.25) is 19.2 Å². The number of carbonyl (C=O) groups is 4. The van der Waals surface area contributed by atoms with Crippen LogP contribution in [-0.2, 0) is 33.8 Å². The maximum absolute atomic E-state index is 14.1. The van der Waals surface area contributed by atoms with Crippen molar-refractivity contribution in [3.8, 4) is 34.4 Å². The Balaban J connectivity index is 0.673. The first-order valence-corrected chi connectivity index (χ1v) is 33.1. The van der Waals surface area contributed by atoms with Crippen LogP contribution in [0, 0.1) is 0 Å². The second-order valence-electron chi connectivity index (χ2n) is 22.1. The largest absolute Gasteiger partial charge is 0.388 e. The van der Waals surface area contributed by atoms with Gasteiger partial charge in [0.05, 0.1) is 42.0 Å². The number of phenolic OH excluding ortho intramolecular Hbond substituents is 2. The van der Waals surface area contributed by atoms with Crippen molar-refractivity contribution in [1.82, 2.24) is 40.7 Å². The van der Waals surface area contributed by atoms with Crippen molar-refractivity contribution in [3.63, 3.8) is 0 Å². The number of rotatable bonds is 22. The minimum Gasteiger partial charge on any atom is -0.388 e. The number of halogens is 1. The number of nitrogens with zero attached hydrogens (tertiary/aromatic N) is 7. The van der Waals surface area contributed by atoms with Crippen LogP contribution in [0.25, 0.3) is 11.4 Å². The summed E-state index contributed by atoms with van der Waals surface area (Å²) in [4.78, 5) is 54.7. The van der Waals surface area contributed by atoms with E-state index in [1.165, 1.54) is 48.1 Å². The fraction of sp³-hybridized carbons (Fsp3) is 0.312. The number of amides is 1. The molecule has 6 atom stereocenters. The molecule has 8 aromatic rings. The van der Waals surface area contributed by atoms with Crippen LogP contribution in [0.4, 0.5) is 0 Å². The number of nitrogens with one attached hydrogen (secondary N) is 1. The maximum atomic E-state index is 14.1. The molecule has 0 saturated carbocycles. The molecule has 2 aromatic heterocycles. The predicted octanol–water partition coefficient (Wildman–Crippen LogP) is 6.68. The summed E-state index contributed by atoms with van der Waals surface area (Å²) < 4.78 is 25.5. The van der Waals surface area contributed by atoms with E-state index in [1.54, 1.807) is 24.3 Å². The number of aliphatic hydroxyl groups is 3. The van der Waals surface area contributed by atoms with E-state index in [0.717, 1.165) is 44.8 Å². The van der Waals surface area contributed by atoms with Crippen molar-refractivity contribution >= 4 is 60.0 Å². The van der Waals surface area contributed by atoms with Crippen molar-refractivity contribution in [2.45, 2.75) is 108 Å². The average molecular weight is 1260 g/mol. The fourth-order valence-corrected chi connectivity index (χ4v) is 19.9. The van der Waals surface area contributed by atoms with Gasteiger partial charge in [-0.2, -0.15) is 0 Å². The molecule has 6 aromatic carbocycles. The van der Waals surface area contributed by atoms with Crippen LogP contribution in [0.2, 0.25) is 0 Å². The van der Waals surface area contributed by atoms with E-state index in [-0.39, 0.29) is 46.9 Å². The molecule has 0 bridgehead atoms. The number of aromatic hydroxyl groups is 2. The number of aliphatic hydroxyl groups excluding tert-OH is 2. The molecular formula is C64H64BrN8O13P. The minimum absolute atomic E-state index is 0.0446. The SMILES string of the molecule is COc1cccc2c1C(=O)c1c(O)c3c(c(O)c1C2=O)CC(O)(C(=O)CO)CC3OC1CC(NC(=O)c2nnc(-c3ccc(OCc4cn(CCCCCCCP(Br)(c5ccccc5)(c5ccccc5)c5ccccc5)nn4)cc3)nn2)C(O)C(C)O1. The number of fused-ring (bicyclic) bond motifs is 3. The summed E-state index contributed by atoms with van der Waals surface area (Å²) in [6.45, 7) is 1.33. The van der Waals surface area contributed by atoms with Crippen LogP contribution in [0.5, 0.6) is 23.0 Å². The molecule has 0 radical (unpaired) electrons. The van der Waals surface area contributed by atoms with E-state index in [1.807, 2.05) is 10.9 Å². The first-order chi connectivity index (χ1) is 42.0. The molecule has 1 saturated heterocycles. The average Bonchev–Trinajstić information content (AvgIpc) is 2.46. The first kappa shape index (κ1) is 60.5. The van der Waals surface area contributed by atoms with E-state index in [0.29, 0.717) is 17.0 Å². The molecule has 6 N–H and O–H groups in total. The third kappa shape index (κ3) is 11.7. The van der Waals surface area contributed by atoms with Crippen molar-refractivity contribution in [1.29, 1.82) is 0 Å². The van der Waals surface area contributed by atoms with Crippen LogP contribution in [0.15, 0.2) is 140 Å². The van der Waals surface area contributed by atoms with Gasteiger partial charge in [-0.05, 0) is 37.3 Å². The summed E-state index contributed by atoms with van der Waals surface area (Å²) in [5.74, 6) is -4.82. The number of carbonyl (C=O) groups excluding carboxylic acids is 4. The van der Waals surface area contributed by atoms with Gasteiger partial charge in [0.2, 0.25) is 11.6 Å². The van der Waals surface area contributed by atoms with Gasteiger partial charge in [-0.15, -0.1) is 20.4 Å². The van der Waals surface area contributed by atoms with Gasteiger partial charge in [0.1, 0.15) is 41.3 Å². The smallest absolute Gasteiger partial charge is 0.100 e. The van der Waals surface area contributed by atoms with Crippen LogP contribution in [0.1, 0.15) is 117 Å². The van der Waals surface area contributed by atoms with Gasteiger partial charge >= 0.3 is 211 Å². The summed E-state index contributed by atoms with van der Waals surface area (Å²) in [6.07, 6.45) is 1.45. The monoisotopic (exact) mass is 1260 g/mol. The number of methoxy groups -OCH3 is 1. The van der Waals surface area contributed by atoms with Crippen molar-refractivity contribution in [3.05, 3.63) is 185 Å². The molecule has 1 fully saturated rings. The molecule has 87 heavy (non-hydrogen) atoms. The van der Waals surface area contributed by atoms with Gasteiger partial charge < -0.3 is 45.1 Å². The van der Waals surface area contributed by atoms with Gasteiger partial charge in [0.25, 0.3) is 11.7 Å². The zero-order valence-corrected chi connectivity index (χ0v) is 50.1. The van der Waals surface area contributed by atoms with Gasteiger partial charge in [-0.1, -0.05) is 12.1 Å². The number of ketones is 3. The topological polar surface area (TPSA) is 301 Å². The third-order valence-electron chi connectivity index (χ3n) is 16.7. The van der Waals surface area contributed by atoms with Gasteiger partial charge in [0, 0.05) is 41.5 Å². The number of Topliss-reactive ketones (excluding diaryl/α,β-unsaturated/α-hetero) is 1. The van der Waals surface area contributed by atoms with E-state index in [9.17, 15) is 44.7 Å². The molecule has 6 unspecified atom stereocenters. The van der Waals surface area contributed by atoms with E-state index < -0.39 is 113 Å². The van der Waals surface area contributed by atoms with Crippen molar-refractivity contribution < 1.29 is 63.7 Å². The maximum Gasteiger partial charge on any atom is 0.100 e. The quantitative estimate of drug-likeness (QED) is 0.0234. The first-order valence-electron chi connectivity index (χ1n) is 28.7. The second-order valence-corrected chi connectivity index (χ2v) is 31.1. The Morgan fingerprint density at radius 3 is 2.02 bits per heavy atom. The standard InChI is InChI=1S/C64H64BrN8O13P/c1-38-56(76)47(32-51(85-38)86-49-34-64(82,50(75)36-74)33-46-53(49)60(80)55-54(58(46)78)57(77)45-24-17-25-48(83-2)52(45)59(55)79)66-63(81)62-70-68-61(69-71-62)39-26-28-41(29-27-39)84-37-40-35-73(72-67-40)30-15-4-3-5-16-31-87(65,42-18-9-6-10-19-42,43-20-11-7-12-21-43)44-22-13-8-14-23-44/h6-14,17-29,35,38,47,49,51,56,74,76,78,80,82H,3-5,15-16,30-34,36-37H2,1-2H3,(H,66,81). The molecule has 3 aliphatic rings. The predicted molar refractivity (Wildman–Crippen MR) is 324 cm³/mol. The Morgan fingerprint density at radius 2 is 1.39 bits per heavy atom. The summed E-state index contributed by atoms with van der Waals surface area (Å²) in [5, 5.41) is 85.0. The number of aromatic nitrogens is 7. The Kier molecular flexibility index (Phi) is 17.6. The number of benzene rings is 6. The fourth-order valence-electron chi connectivity index (χ4n) is 12.2. The molecule has 1 amide bonds. The van der Waals surface area contributed by atoms with Crippen molar-refractivity contribution in [2.24, 2.45) is 0 Å². The molecule has 23 heteroatoms. The molecule has 21 nitrogen and oxygen atoms in total. The van der Waals surface area contributed by atoms with Crippen LogP contribution < -0.4 is 30.7 Å². The number of aryl methyl sites for hydroxylation is 1. The Hall–Kier alpha value is -8.21. The van der Waals surface area contributed by atoms with Crippen LogP contribution in [-0.4, -0.2) is 134 Å². The third-order valence-corrected chi connectivity index (χ3v) is 26.7. The zero-order valence-electron chi connectivity index (χ0n) is 47.6. The minimum atomic E-state index is -2.94.